The predicted molar refractivity (Wildman–Crippen MR) is 95.1 cm³/mol. The third kappa shape index (κ3) is 5.83. The van der Waals surface area contributed by atoms with Crippen LogP contribution in [0.4, 0.5) is 5.69 Å². The van der Waals surface area contributed by atoms with Crippen molar-refractivity contribution in [1.29, 1.82) is 0 Å². The lowest BCUT2D eigenvalue weighted by Gasteiger charge is -2.21. The molecule has 1 rings (SSSR count). The Kier molecular flexibility index (Phi) is 8.04. The SMILES string of the molecule is CCC[SiH2]CCCS(=O)(=O)c1ccc(N(CC)CC)cc1. The quantitative estimate of drug-likeness (QED) is 0.489. The first kappa shape index (κ1) is 18.2. The smallest absolute Gasteiger partial charge is 0.178 e. The third-order valence-electron chi connectivity index (χ3n) is 3.84. The Hall–Kier alpha value is -0.813. The maximum atomic E-state index is 12.3. The molecule has 0 N–H and O–H groups in total. The van der Waals surface area contributed by atoms with Gasteiger partial charge in [-0.15, -0.1) is 0 Å². The van der Waals surface area contributed by atoms with Crippen molar-refractivity contribution in [3.8, 4) is 0 Å². The van der Waals surface area contributed by atoms with Crippen molar-refractivity contribution in [2.45, 2.75) is 50.6 Å². The molecular weight excluding hydrogens is 298 g/mol. The van der Waals surface area contributed by atoms with Crippen molar-refractivity contribution in [3.63, 3.8) is 0 Å². The van der Waals surface area contributed by atoms with E-state index >= 15 is 0 Å². The summed E-state index contributed by atoms with van der Waals surface area (Å²) in [6.45, 7) is 8.28. The summed E-state index contributed by atoms with van der Waals surface area (Å²) in [4.78, 5) is 2.68. The Morgan fingerprint density at radius 1 is 1.00 bits per heavy atom. The van der Waals surface area contributed by atoms with Crippen LogP contribution in [0.2, 0.25) is 12.1 Å². The minimum Gasteiger partial charge on any atom is -0.372 e. The lowest BCUT2D eigenvalue weighted by Crippen LogP contribution is -2.21. The first-order valence-corrected chi connectivity index (χ1v) is 11.8. The summed E-state index contributed by atoms with van der Waals surface area (Å²) in [6.07, 6.45) is 2.07. The number of sulfone groups is 1. The molecule has 1 aromatic rings. The van der Waals surface area contributed by atoms with Crippen molar-refractivity contribution < 1.29 is 8.42 Å². The van der Waals surface area contributed by atoms with Crippen molar-refractivity contribution in [2.24, 2.45) is 0 Å². The molecule has 3 nitrogen and oxygen atoms in total. The standard InChI is InChI=1S/C16H29NO2SSi/c1-4-13-21-14-7-12-20(18,19)16-10-8-15(9-11-16)17(5-2)6-3/h8-11H,4-7,12-14,21H2,1-3H3. The van der Waals surface area contributed by atoms with Crippen LogP contribution >= 0.6 is 0 Å². The van der Waals surface area contributed by atoms with Gasteiger partial charge in [0.2, 0.25) is 0 Å². The van der Waals surface area contributed by atoms with E-state index in [1.165, 1.54) is 12.5 Å². The fourth-order valence-electron chi connectivity index (χ4n) is 2.47. The third-order valence-corrected chi connectivity index (χ3v) is 7.86. The van der Waals surface area contributed by atoms with Crippen LogP contribution in [0.25, 0.3) is 0 Å². The second-order valence-electron chi connectivity index (χ2n) is 5.40. The summed E-state index contributed by atoms with van der Waals surface area (Å²) in [5.41, 5.74) is 1.09. The number of benzene rings is 1. The molecule has 120 valence electrons. The largest absolute Gasteiger partial charge is 0.372 e. The number of anilines is 1. The van der Waals surface area contributed by atoms with E-state index in [-0.39, 0.29) is 9.52 Å². The minimum atomic E-state index is -3.10. The Labute approximate surface area is 132 Å². The molecule has 0 amide bonds. The molecule has 0 aromatic heterocycles. The highest BCUT2D eigenvalue weighted by molar-refractivity contribution is 7.91. The van der Waals surface area contributed by atoms with Gasteiger partial charge in [0.05, 0.1) is 10.6 Å². The summed E-state index contributed by atoms with van der Waals surface area (Å²) in [5, 5.41) is 0. The van der Waals surface area contributed by atoms with Gasteiger partial charge in [-0.1, -0.05) is 25.4 Å². The highest BCUT2D eigenvalue weighted by atomic mass is 32.2. The summed E-state index contributed by atoms with van der Waals surface area (Å²) in [6, 6.07) is 9.83. The molecule has 0 saturated carbocycles. The van der Waals surface area contributed by atoms with Gasteiger partial charge in [0.25, 0.3) is 0 Å². The van der Waals surface area contributed by atoms with Crippen molar-refractivity contribution in [3.05, 3.63) is 24.3 Å². The van der Waals surface area contributed by atoms with Crippen molar-refractivity contribution in [2.75, 3.05) is 23.7 Å². The molecule has 0 atom stereocenters. The average Bonchev–Trinajstić information content (AvgIpc) is 2.49. The molecule has 0 aliphatic rings. The topological polar surface area (TPSA) is 37.4 Å². The van der Waals surface area contributed by atoms with Gasteiger partial charge in [-0.2, -0.15) is 0 Å². The van der Waals surface area contributed by atoms with Crippen LogP contribution in [-0.4, -0.2) is 36.8 Å². The van der Waals surface area contributed by atoms with Crippen LogP contribution in [0, 0.1) is 0 Å². The van der Waals surface area contributed by atoms with Gasteiger partial charge in [-0.05, 0) is 44.5 Å². The van der Waals surface area contributed by atoms with E-state index in [2.05, 4.69) is 25.7 Å². The number of nitrogens with zero attached hydrogens (tertiary/aromatic N) is 1. The van der Waals surface area contributed by atoms with Gasteiger partial charge < -0.3 is 4.90 Å². The molecule has 0 spiro atoms. The zero-order valence-electron chi connectivity index (χ0n) is 13.6. The number of hydrogen-bond donors (Lipinski definition) is 0. The summed E-state index contributed by atoms with van der Waals surface area (Å²) < 4.78 is 24.6. The van der Waals surface area contributed by atoms with E-state index in [0.717, 1.165) is 31.2 Å². The van der Waals surface area contributed by atoms with E-state index in [4.69, 9.17) is 0 Å². The first-order chi connectivity index (χ1) is 10.0. The monoisotopic (exact) mass is 327 g/mol. The fraction of sp³-hybridized carbons (Fsp3) is 0.625. The molecule has 0 fully saturated rings. The maximum Gasteiger partial charge on any atom is 0.178 e. The molecule has 0 aliphatic heterocycles. The Morgan fingerprint density at radius 3 is 2.14 bits per heavy atom. The molecule has 21 heavy (non-hydrogen) atoms. The van der Waals surface area contributed by atoms with Crippen LogP contribution in [0.3, 0.4) is 0 Å². The van der Waals surface area contributed by atoms with Gasteiger partial charge in [-0.25, -0.2) is 8.42 Å². The minimum absolute atomic E-state index is 0.0322. The molecule has 0 saturated heterocycles. The fourth-order valence-corrected chi connectivity index (χ4v) is 5.66. The lowest BCUT2D eigenvalue weighted by molar-refractivity contribution is 0.594. The summed E-state index contributed by atoms with van der Waals surface area (Å²) in [7, 11) is -3.13. The van der Waals surface area contributed by atoms with Crippen LogP contribution < -0.4 is 4.90 Å². The molecule has 0 aliphatic carbocycles. The van der Waals surface area contributed by atoms with Crippen molar-refractivity contribution >= 4 is 25.0 Å². The van der Waals surface area contributed by atoms with Crippen LogP contribution in [0.15, 0.2) is 29.2 Å². The van der Waals surface area contributed by atoms with Crippen LogP contribution in [-0.2, 0) is 9.84 Å². The molecule has 0 radical (unpaired) electrons. The van der Waals surface area contributed by atoms with E-state index in [9.17, 15) is 8.42 Å². The second kappa shape index (κ2) is 9.25. The molecule has 5 heteroatoms. The second-order valence-corrected chi connectivity index (χ2v) is 9.63. The molecule has 1 aromatic carbocycles. The first-order valence-electron chi connectivity index (χ1n) is 8.12. The Bertz CT molecular complexity index is 496. The van der Waals surface area contributed by atoms with Crippen LogP contribution in [0.5, 0.6) is 0 Å². The number of rotatable bonds is 10. The van der Waals surface area contributed by atoms with Gasteiger partial charge >= 0.3 is 0 Å². The van der Waals surface area contributed by atoms with E-state index in [1.807, 2.05) is 12.1 Å². The Balaban J connectivity index is 2.63. The zero-order valence-corrected chi connectivity index (χ0v) is 15.9. The highest BCUT2D eigenvalue weighted by Crippen LogP contribution is 2.19. The summed E-state index contributed by atoms with van der Waals surface area (Å²) >= 11 is 0. The van der Waals surface area contributed by atoms with Gasteiger partial charge in [-0.3, -0.25) is 0 Å². The van der Waals surface area contributed by atoms with Gasteiger partial charge in [0, 0.05) is 28.3 Å². The van der Waals surface area contributed by atoms with E-state index in [0.29, 0.717) is 10.6 Å². The summed E-state index contributed by atoms with van der Waals surface area (Å²) in [5.74, 6) is 0.300. The van der Waals surface area contributed by atoms with Crippen LogP contribution in [0.1, 0.15) is 33.6 Å². The highest BCUT2D eigenvalue weighted by Gasteiger charge is 2.14. The van der Waals surface area contributed by atoms with Gasteiger partial charge in [0.1, 0.15) is 0 Å². The Morgan fingerprint density at radius 2 is 1.62 bits per heavy atom. The van der Waals surface area contributed by atoms with Gasteiger partial charge in [0.15, 0.2) is 9.84 Å². The molecule has 0 heterocycles. The van der Waals surface area contributed by atoms with E-state index < -0.39 is 9.84 Å². The molecule has 0 unspecified atom stereocenters. The average molecular weight is 328 g/mol. The lowest BCUT2D eigenvalue weighted by atomic mass is 10.3. The number of hydrogen-bond acceptors (Lipinski definition) is 3. The maximum absolute atomic E-state index is 12.3. The molecular formula is C16H29NO2SSi. The van der Waals surface area contributed by atoms with Crippen molar-refractivity contribution in [1.82, 2.24) is 0 Å². The normalized spacial score (nSPS) is 12.1. The zero-order chi connectivity index (χ0) is 15.7. The predicted octanol–water partition coefficient (Wildman–Crippen LogP) is 3.11. The molecule has 0 bridgehead atoms. The van der Waals surface area contributed by atoms with E-state index in [1.54, 1.807) is 12.1 Å².